The van der Waals surface area contributed by atoms with Gasteiger partial charge in [-0.15, -0.1) is 0 Å². The van der Waals surface area contributed by atoms with Crippen LogP contribution in [0.2, 0.25) is 5.02 Å². The Labute approximate surface area is 175 Å². The molecule has 0 aliphatic carbocycles. The second kappa shape index (κ2) is 8.82. The predicted octanol–water partition coefficient (Wildman–Crippen LogP) is 4.74. The van der Waals surface area contributed by atoms with Gasteiger partial charge in [-0.1, -0.05) is 36.7 Å². The highest BCUT2D eigenvalue weighted by Crippen LogP contribution is 2.31. The second-order valence-corrected chi connectivity index (χ2v) is 8.16. The highest BCUT2D eigenvalue weighted by Gasteiger charge is 2.37. The number of likely N-dealkylation sites (tertiary alicyclic amines) is 1. The smallest absolute Gasteiger partial charge is 0.321 e. The number of carbonyl (C=O) groups is 2. The highest BCUT2D eigenvalue weighted by molar-refractivity contribution is 6.31. The predicted molar refractivity (Wildman–Crippen MR) is 112 cm³/mol. The van der Waals surface area contributed by atoms with Gasteiger partial charge in [0.1, 0.15) is 5.82 Å². The van der Waals surface area contributed by atoms with E-state index >= 15 is 0 Å². The third-order valence-electron chi connectivity index (χ3n) is 5.49. The maximum Gasteiger partial charge on any atom is 0.321 e. The normalized spacial score (nSPS) is 15.7. The Morgan fingerprint density at radius 1 is 1.14 bits per heavy atom. The molecule has 3 rings (SSSR count). The zero-order valence-electron chi connectivity index (χ0n) is 16.6. The lowest BCUT2D eigenvalue weighted by Gasteiger charge is -2.38. The van der Waals surface area contributed by atoms with E-state index in [0.717, 1.165) is 11.1 Å². The van der Waals surface area contributed by atoms with E-state index in [1.54, 1.807) is 23.1 Å². The van der Waals surface area contributed by atoms with Crippen LogP contribution < -0.4 is 10.6 Å². The number of hydrogen-bond donors (Lipinski definition) is 2. The van der Waals surface area contributed by atoms with Crippen molar-refractivity contribution in [2.24, 2.45) is 5.41 Å². The van der Waals surface area contributed by atoms with Gasteiger partial charge in [0.05, 0.1) is 0 Å². The van der Waals surface area contributed by atoms with E-state index in [4.69, 9.17) is 11.6 Å². The van der Waals surface area contributed by atoms with Crippen molar-refractivity contribution in [3.05, 3.63) is 64.4 Å². The molecule has 2 aromatic rings. The maximum absolute atomic E-state index is 13.0. The third kappa shape index (κ3) is 5.26. The lowest BCUT2D eigenvalue weighted by atomic mass is 9.79. The van der Waals surface area contributed by atoms with Gasteiger partial charge in [-0.25, -0.2) is 9.18 Å². The molecule has 154 valence electrons. The molecule has 0 unspecified atom stereocenters. The summed E-state index contributed by atoms with van der Waals surface area (Å²) in [4.78, 5) is 26.9. The molecule has 3 amide bonds. The molecule has 0 radical (unpaired) electrons. The van der Waals surface area contributed by atoms with Crippen LogP contribution in [0.1, 0.15) is 30.9 Å². The van der Waals surface area contributed by atoms with Gasteiger partial charge in [0, 0.05) is 35.8 Å². The summed E-state index contributed by atoms with van der Waals surface area (Å²) in [5.41, 5.74) is 1.90. The zero-order chi connectivity index (χ0) is 21.0. The lowest BCUT2D eigenvalue weighted by molar-refractivity contribution is -0.132. The largest absolute Gasteiger partial charge is 0.352 e. The molecule has 1 heterocycles. The number of nitrogens with zero attached hydrogens (tertiary/aromatic N) is 1. The molecule has 0 bridgehead atoms. The van der Waals surface area contributed by atoms with Crippen LogP contribution in [0, 0.1) is 18.2 Å². The van der Waals surface area contributed by atoms with Gasteiger partial charge >= 0.3 is 6.03 Å². The molecule has 0 aromatic heterocycles. The summed E-state index contributed by atoms with van der Waals surface area (Å²) in [6.07, 6.45) is 1.15. The zero-order valence-corrected chi connectivity index (χ0v) is 17.4. The molecule has 1 aliphatic rings. The van der Waals surface area contributed by atoms with Crippen molar-refractivity contribution >= 4 is 29.2 Å². The minimum absolute atomic E-state index is 0.0489. The third-order valence-corrected chi connectivity index (χ3v) is 5.90. The van der Waals surface area contributed by atoms with Crippen LogP contribution in [0.3, 0.4) is 0 Å². The molecule has 2 aromatic carbocycles. The van der Waals surface area contributed by atoms with Crippen molar-refractivity contribution in [3.8, 4) is 0 Å². The Hall–Kier alpha value is -2.60. The summed E-state index contributed by atoms with van der Waals surface area (Å²) in [5.74, 6) is -0.349. The van der Waals surface area contributed by atoms with Crippen molar-refractivity contribution in [2.45, 2.75) is 33.2 Å². The van der Waals surface area contributed by atoms with Gasteiger partial charge < -0.3 is 15.5 Å². The molecule has 0 saturated carbocycles. The van der Waals surface area contributed by atoms with Gasteiger partial charge in [-0.05, 0) is 55.2 Å². The second-order valence-electron chi connectivity index (χ2n) is 7.75. The quantitative estimate of drug-likeness (QED) is 0.754. The van der Waals surface area contributed by atoms with Crippen LogP contribution in [0.5, 0.6) is 0 Å². The van der Waals surface area contributed by atoms with E-state index < -0.39 is 5.41 Å². The monoisotopic (exact) mass is 417 g/mol. The van der Waals surface area contributed by atoms with Crippen molar-refractivity contribution in [3.63, 3.8) is 0 Å². The van der Waals surface area contributed by atoms with E-state index in [9.17, 15) is 14.0 Å². The first-order chi connectivity index (χ1) is 13.8. The Kier molecular flexibility index (Phi) is 6.42. The van der Waals surface area contributed by atoms with Crippen molar-refractivity contribution < 1.29 is 14.0 Å². The standard InChI is InChI=1S/C22H25ClFN3O2/c1-15-3-8-18(13-19(15)23)26-21(29)27-11-9-22(2,10-12-27)20(28)25-14-16-4-6-17(24)7-5-16/h3-8,13H,9-12,14H2,1-2H3,(H,25,28)(H,26,29). The van der Waals surface area contributed by atoms with Crippen LogP contribution in [-0.2, 0) is 11.3 Å². The van der Waals surface area contributed by atoms with E-state index in [2.05, 4.69) is 10.6 Å². The highest BCUT2D eigenvalue weighted by atomic mass is 35.5. The molecule has 1 fully saturated rings. The fourth-order valence-corrected chi connectivity index (χ4v) is 3.48. The van der Waals surface area contributed by atoms with Crippen molar-refractivity contribution in [1.29, 1.82) is 0 Å². The van der Waals surface area contributed by atoms with E-state index in [0.29, 0.717) is 43.2 Å². The molecule has 2 N–H and O–H groups in total. The van der Waals surface area contributed by atoms with Gasteiger partial charge in [-0.2, -0.15) is 0 Å². The first-order valence-corrected chi connectivity index (χ1v) is 9.99. The van der Waals surface area contributed by atoms with Gasteiger partial charge in [-0.3, -0.25) is 4.79 Å². The number of halogens is 2. The van der Waals surface area contributed by atoms with Gasteiger partial charge in [0.25, 0.3) is 0 Å². The number of piperidine rings is 1. The summed E-state index contributed by atoms with van der Waals surface area (Å²) >= 11 is 6.11. The Morgan fingerprint density at radius 2 is 1.79 bits per heavy atom. The first kappa shape index (κ1) is 21.1. The molecule has 0 spiro atoms. The average molecular weight is 418 g/mol. The van der Waals surface area contributed by atoms with Crippen LogP contribution in [0.25, 0.3) is 0 Å². The molecular weight excluding hydrogens is 393 g/mol. The fourth-order valence-electron chi connectivity index (χ4n) is 3.30. The SMILES string of the molecule is Cc1ccc(NC(=O)N2CCC(C)(C(=O)NCc3ccc(F)cc3)CC2)cc1Cl. The lowest BCUT2D eigenvalue weighted by Crippen LogP contribution is -2.49. The Morgan fingerprint density at radius 3 is 2.41 bits per heavy atom. The number of aryl methyl sites for hydroxylation is 1. The Bertz CT molecular complexity index is 893. The van der Waals surface area contributed by atoms with E-state index in [-0.39, 0.29) is 17.8 Å². The number of benzene rings is 2. The summed E-state index contributed by atoms with van der Waals surface area (Å²) in [6, 6.07) is 11.3. The minimum Gasteiger partial charge on any atom is -0.352 e. The summed E-state index contributed by atoms with van der Waals surface area (Å²) in [6.45, 7) is 5.16. The molecule has 0 atom stereocenters. The summed E-state index contributed by atoms with van der Waals surface area (Å²) < 4.78 is 13.0. The van der Waals surface area contributed by atoms with Crippen LogP contribution >= 0.6 is 11.6 Å². The average Bonchev–Trinajstić information content (AvgIpc) is 2.70. The summed E-state index contributed by atoms with van der Waals surface area (Å²) in [5, 5.41) is 6.39. The van der Waals surface area contributed by atoms with Gasteiger partial charge in [0.15, 0.2) is 0 Å². The molecule has 1 aliphatic heterocycles. The van der Waals surface area contributed by atoms with Crippen LogP contribution in [-0.4, -0.2) is 29.9 Å². The number of rotatable bonds is 4. The number of carbonyl (C=O) groups excluding carboxylic acids is 2. The van der Waals surface area contributed by atoms with Crippen LogP contribution in [0.15, 0.2) is 42.5 Å². The number of anilines is 1. The Balaban J connectivity index is 1.51. The summed E-state index contributed by atoms with van der Waals surface area (Å²) in [7, 11) is 0. The number of hydrogen-bond acceptors (Lipinski definition) is 2. The number of amides is 3. The maximum atomic E-state index is 13.0. The fraction of sp³-hybridized carbons (Fsp3) is 0.364. The first-order valence-electron chi connectivity index (χ1n) is 9.62. The topological polar surface area (TPSA) is 61.4 Å². The minimum atomic E-state index is -0.538. The number of nitrogens with one attached hydrogen (secondary N) is 2. The molecule has 5 nitrogen and oxygen atoms in total. The van der Waals surface area contributed by atoms with Gasteiger partial charge in [0.2, 0.25) is 5.91 Å². The van der Waals surface area contributed by atoms with E-state index in [1.165, 1.54) is 12.1 Å². The molecular formula is C22H25ClFN3O2. The van der Waals surface area contributed by atoms with Crippen molar-refractivity contribution in [1.82, 2.24) is 10.2 Å². The van der Waals surface area contributed by atoms with Crippen molar-refractivity contribution in [2.75, 3.05) is 18.4 Å². The molecule has 29 heavy (non-hydrogen) atoms. The molecule has 1 saturated heterocycles. The van der Waals surface area contributed by atoms with Crippen LogP contribution in [0.4, 0.5) is 14.9 Å². The molecule has 7 heteroatoms. The number of urea groups is 1. The van der Waals surface area contributed by atoms with E-state index in [1.807, 2.05) is 26.0 Å².